The molecular formula is C16H23FN2O2. The van der Waals surface area contributed by atoms with E-state index in [9.17, 15) is 9.18 Å². The van der Waals surface area contributed by atoms with Crippen molar-refractivity contribution in [2.45, 2.75) is 51.0 Å². The Morgan fingerprint density at radius 3 is 2.57 bits per heavy atom. The Labute approximate surface area is 124 Å². The lowest BCUT2D eigenvalue weighted by Gasteiger charge is -2.41. The molecule has 5 heteroatoms. The quantitative estimate of drug-likeness (QED) is 0.896. The molecule has 1 fully saturated rings. The van der Waals surface area contributed by atoms with Gasteiger partial charge in [0.15, 0.2) is 0 Å². The molecule has 0 saturated heterocycles. The van der Waals surface area contributed by atoms with Crippen LogP contribution in [0.15, 0.2) is 18.2 Å². The van der Waals surface area contributed by atoms with Crippen LogP contribution in [0.4, 0.5) is 14.9 Å². The lowest BCUT2D eigenvalue weighted by Crippen LogP contribution is -2.41. The third-order valence-electron chi connectivity index (χ3n) is 3.92. The molecule has 3 N–H and O–H groups in total. The maximum Gasteiger partial charge on any atom is 0.412 e. The molecule has 1 amide bonds. The van der Waals surface area contributed by atoms with Gasteiger partial charge in [0.1, 0.15) is 11.4 Å². The Hall–Kier alpha value is -1.62. The molecule has 1 aromatic carbocycles. The minimum atomic E-state index is -0.658. The molecule has 0 atom stereocenters. The summed E-state index contributed by atoms with van der Waals surface area (Å²) in [5.74, 6) is -0.476. The first-order valence-electron chi connectivity index (χ1n) is 7.26. The number of anilines is 1. The molecule has 21 heavy (non-hydrogen) atoms. The van der Waals surface area contributed by atoms with Crippen LogP contribution in [0.1, 0.15) is 45.6 Å². The average Bonchev–Trinajstić information content (AvgIpc) is 2.30. The highest BCUT2D eigenvalue weighted by atomic mass is 19.1. The highest BCUT2D eigenvalue weighted by Gasteiger charge is 2.37. The van der Waals surface area contributed by atoms with Gasteiger partial charge in [-0.3, -0.25) is 5.32 Å². The molecular weight excluding hydrogens is 271 g/mol. The summed E-state index contributed by atoms with van der Waals surface area (Å²) in [7, 11) is 0. The molecule has 0 aromatic heterocycles. The summed E-state index contributed by atoms with van der Waals surface area (Å²) in [5.41, 5.74) is 6.29. The fourth-order valence-corrected chi connectivity index (χ4v) is 2.58. The lowest BCUT2D eigenvalue weighted by molar-refractivity contribution is 0.0635. The van der Waals surface area contributed by atoms with Gasteiger partial charge in [-0.2, -0.15) is 0 Å². The van der Waals surface area contributed by atoms with E-state index in [0.29, 0.717) is 6.54 Å². The SMILES string of the molecule is CC(C)(C)OC(=O)Nc1cc(C2(CN)CCC2)ccc1F. The van der Waals surface area contributed by atoms with Gasteiger partial charge in [0.2, 0.25) is 0 Å². The predicted molar refractivity (Wildman–Crippen MR) is 80.8 cm³/mol. The van der Waals surface area contributed by atoms with Crippen molar-refractivity contribution in [2.75, 3.05) is 11.9 Å². The topological polar surface area (TPSA) is 64.3 Å². The van der Waals surface area contributed by atoms with Gasteiger partial charge < -0.3 is 10.5 Å². The van der Waals surface area contributed by atoms with Crippen LogP contribution in [-0.2, 0) is 10.2 Å². The van der Waals surface area contributed by atoms with Gasteiger partial charge in [0.05, 0.1) is 5.69 Å². The minimum Gasteiger partial charge on any atom is -0.444 e. The van der Waals surface area contributed by atoms with Crippen LogP contribution in [0, 0.1) is 5.82 Å². The fraction of sp³-hybridized carbons (Fsp3) is 0.562. The number of ether oxygens (including phenoxy) is 1. The molecule has 0 heterocycles. The Morgan fingerprint density at radius 1 is 1.43 bits per heavy atom. The van der Waals surface area contributed by atoms with E-state index in [1.54, 1.807) is 32.9 Å². The molecule has 1 aromatic rings. The third-order valence-corrected chi connectivity index (χ3v) is 3.92. The average molecular weight is 294 g/mol. The van der Waals surface area contributed by atoms with Crippen LogP contribution < -0.4 is 11.1 Å². The van der Waals surface area contributed by atoms with Crippen molar-refractivity contribution in [3.05, 3.63) is 29.6 Å². The van der Waals surface area contributed by atoms with Crippen molar-refractivity contribution in [2.24, 2.45) is 5.73 Å². The van der Waals surface area contributed by atoms with Crippen molar-refractivity contribution in [1.82, 2.24) is 0 Å². The number of halogens is 1. The van der Waals surface area contributed by atoms with Crippen LogP contribution in [0.25, 0.3) is 0 Å². The first-order chi connectivity index (χ1) is 9.76. The zero-order valence-electron chi connectivity index (χ0n) is 12.8. The number of amides is 1. The van der Waals surface area contributed by atoms with Gasteiger partial charge in [-0.05, 0) is 51.3 Å². The predicted octanol–water partition coefficient (Wildman–Crippen LogP) is 3.55. The molecule has 4 nitrogen and oxygen atoms in total. The first kappa shape index (κ1) is 15.8. The molecule has 0 unspecified atom stereocenters. The molecule has 2 rings (SSSR count). The minimum absolute atomic E-state index is 0.0714. The first-order valence-corrected chi connectivity index (χ1v) is 7.26. The summed E-state index contributed by atoms with van der Waals surface area (Å²) in [6, 6.07) is 4.80. The third kappa shape index (κ3) is 3.53. The van der Waals surface area contributed by atoms with E-state index in [2.05, 4.69) is 5.32 Å². The Kier molecular flexibility index (Phi) is 4.23. The summed E-state index contributed by atoms with van der Waals surface area (Å²) in [5, 5.41) is 2.47. The van der Waals surface area contributed by atoms with Crippen molar-refractivity contribution in [1.29, 1.82) is 0 Å². The van der Waals surface area contributed by atoms with E-state index in [1.165, 1.54) is 6.07 Å². The number of nitrogens with one attached hydrogen (secondary N) is 1. The van der Waals surface area contributed by atoms with Crippen LogP contribution in [0.5, 0.6) is 0 Å². The zero-order chi connectivity index (χ0) is 15.7. The number of rotatable bonds is 3. The smallest absolute Gasteiger partial charge is 0.412 e. The zero-order valence-corrected chi connectivity index (χ0v) is 12.8. The normalized spacial score (nSPS) is 17.0. The van der Waals surface area contributed by atoms with Gasteiger partial charge >= 0.3 is 6.09 Å². The molecule has 116 valence electrons. The van der Waals surface area contributed by atoms with E-state index >= 15 is 0 Å². The molecule has 0 aliphatic heterocycles. The van der Waals surface area contributed by atoms with E-state index in [0.717, 1.165) is 24.8 Å². The summed E-state index contributed by atoms with van der Waals surface area (Å²) in [6.07, 6.45) is 2.47. The van der Waals surface area contributed by atoms with E-state index in [1.807, 2.05) is 0 Å². The summed E-state index contributed by atoms with van der Waals surface area (Å²) < 4.78 is 19.0. The second-order valence-corrected chi connectivity index (χ2v) is 6.66. The largest absolute Gasteiger partial charge is 0.444 e. The molecule has 1 aliphatic carbocycles. The summed E-state index contributed by atoms with van der Waals surface area (Å²) in [6.45, 7) is 5.82. The molecule has 0 bridgehead atoms. The summed E-state index contributed by atoms with van der Waals surface area (Å²) in [4.78, 5) is 11.8. The van der Waals surface area contributed by atoms with Gasteiger partial charge in [0, 0.05) is 12.0 Å². The highest BCUT2D eigenvalue weighted by Crippen LogP contribution is 2.43. The van der Waals surface area contributed by atoms with Crippen molar-refractivity contribution in [3.63, 3.8) is 0 Å². The maximum atomic E-state index is 13.9. The van der Waals surface area contributed by atoms with Crippen molar-refractivity contribution >= 4 is 11.8 Å². The summed E-state index contributed by atoms with van der Waals surface area (Å²) >= 11 is 0. The van der Waals surface area contributed by atoms with E-state index in [4.69, 9.17) is 10.5 Å². The number of benzene rings is 1. The van der Waals surface area contributed by atoms with Crippen LogP contribution >= 0.6 is 0 Å². The Morgan fingerprint density at radius 2 is 2.10 bits per heavy atom. The molecule has 1 saturated carbocycles. The molecule has 0 spiro atoms. The number of carbonyl (C=O) groups is 1. The number of carbonyl (C=O) groups excluding carboxylic acids is 1. The van der Waals surface area contributed by atoms with Gasteiger partial charge in [-0.15, -0.1) is 0 Å². The second kappa shape index (κ2) is 5.64. The Bertz CT molecular complexity index is 528. The van der Waals surface area contributed by atoms with Crippen LogP contribution in [0.3, 0.4) is 0 Å². The standard InChI is InChI=1S/C16H23FN2O2/c1-15(2,3)21-14(20)19-13-9-11(5-6-12(13)17)16(10-18)7-4-8-16/h5-6,9H,4,7-8,10,18H2,1-3H3,(H,19,20). The molecule has 1 aliphatic rings. The van der Waals surface area contributed by atoms with Gasteiger partial charge in [0.25, 0.3) is 0 Å². The lowest BCUT2D eigenvalue weighted by atomic mass is 9.64. The number of nitrogens with two attached hydrogens (primary N) is 1. The number of hydrogen-bond donors (Lipinski definition) is 2. The van der Waals surface area contributed by atoms with E-state index < -0.39 is 17.5 Å². The molecule has 0 radical (unpaired) electrons. The number of hydrogen-bond acceptors (Lipinski definition) is 3. The van der Waals surface area contributed by atoms with Gasteiger partial charge in [-0.1, -0.05) is 12.5 Å². The highest BCUT2D eigenvalue weighted by molar-refractivity contribution is 5.85. The van der Waals surface area contributed by atoms with Crippen LogP contribution in [0.2, 0.25) is 0 Å². The second-order valence-electron chi connectivity index (χ2n) is 6.66. The van der Waals surface area contributed by atoms with E-state index in [-0.39, 0.29) is 11.1 Å². The Balaban J connectivity index is 2.18. The van der Waals surface area contributed by atoms with Crippen LogP contribution in [-0.4, -0.2) is 18.2 Å². The maximum absolute atomic E-state index is 13.9. The monoisotopic (exact) mass is 294 g/mol. The van der Waals surface area contributed by atoms with Crippen molar-refractivity contribution in [3.8, 4) is 0 Å². The van der Waals surface area contributed by atoms with Crippen molar-refractivity contribution < 1.29 is 13.9 Å². The van der Waals surface area contributed by atoms with Gasteiger partial charge in [-0.25, -0.2) is 9.18 Å². The fourth-order valence-electron chi connectivity index (χ4n) is 2.58.